The molecule has 0 amide bonds. The molecular weight excluding hydrogens is 282 g/mol. The van der Waals surface area contributed by atoms with Crippen LogP contribution in [-0.2, 0) is 0 Å². The molecule has 1 aliphatic carbocycles. The minimum atomic E-state index is 0.646. The number of rotatable bonds is 1. The lowest BCUT2D eigenvalue weighted by Gasteiger charge is -1.99. The van der Waals surface area contributed by atoms with Gasteiger partial charge < -0.3 is 4.98 Å². The third-order valence-electron chi connectivity index (χ3n) is 4.25. The first kappa shape index (κ1) is 12.4. The number of hydrogen-bond donors (Lipinski definition) is 1. The average molecular weight is 295 g/mol. The summed E-state index contributed by atoms with van der Waals surface area (Å²) in [5, 5.41) is 0. The lowest BCUT2D eigenvalue weighted by molar-refractivity contribution is 1.26. The van der Waals surface area contributed by atoms with Gasteiger partial charge >= 0.3 is 0 Å². The highest BCUT2D eigenvalue weighted by atomic mass is 15.1. The smallest absolute Gasteiger partial charge is 0.228 e. The molecule has 0 fully saturated rings. The zero-order valence-corrected chi connectivity index (χ0v) is 12.3. The second-order valence-corrected chi connectivity index (χ2v) is 5.63. The monoisotopic (exact) mass is 295 g/mol. The predicted octanol–water partition coefficient (Wildman–Crippen LogP) is 4.71. The van der Waals surface area contributed by atoms with Gasteiger partial charge in [0, 0.05) is 11.1 Å². The van der Waals surface area contributed by atoms with Crippen LogP contribution in [0.4, 0.5) is 5.95 Å². The maximum Gasteiger partial charge on any atom is 0.228 e. The van der Waals surface area contributed by atoms with Crippen LogP contribution in [0.1, 0.15) is 11.1 Å². The minimum absolute atomic E-state index is 0.646. The highest BCUT2D eigenvalue weighted by molar-refractivity contribution is 6.25. The first-order chi connectivity index (χ1) is 11.4. The molecule has 0 radical (unpaired) electrons. The quantitative estimate of drug-likeness (QED) is 0.478. The molecule has 0 unspecified atom stereocenters. The average Bonchev–Trinajstić information content (AvgIpc) is 3.15. The number of H-pyrrole nitrogens is 1. The van der Waals surface area contributed by atoms with E-state index in [-0.39, 0.29) is 0 Å². The third kappa shape index (κ3) is 1.83. The molecule has 3 aromatic carbocycles. The van der Waals surface area contributed by atoms with Gasteiger partial charge in [0.25, 0.3) is 0 Å². The minimum Gasteiger partial charge on any atom is -0.322 e. The van der Waals surface area contributed by atoms with E-state index in [2.05, 4.69) is 58.5 Å². The molecule has 5 rings (SSSR count). The van der Waals surface area contributed by atoms with Gasteiger partial charge in [-0.3, -0.25) is 0 Å². The highest BCUT2D eigenvalue weighted by Gasteiger charge is 2.24. The van der Waals surface area contributed by atoms with Gasteiger partial charge in [-0.1, -0.05) is 60.7 Å². The first-order valence-corrected chi connectivity index (χ1v) is 7.63. The fourth-order valence-corrected chi connectivity index (χ4v) is 3.21. The van der Waals surface area contributed by atoms with Crippen molar-refractivity contribution in [3.8, 4) is 11.1 Å². The lowest BCUT2D eigenvalue weighted by atomic mass is 10.1. The van der Waals surface area contributed by atoms with Crippen molar-refractivity contribution in [2.75, 3.05) is 0 Å². The summed E-state index contributed by atoms with van der Waals surface area (Å²) in [5.74, 6) is 0.646. The van der Waals surface area contributed by atoms with E-state index in [0.717, 1.165) is 27.9 Å². The molecule has 4 aromatic rings. The van der Waals surface area contributed by atoms with Crippen LogP contribution in [-0.4, -0.2) is 15.7 Å². The molecule has 1 aliphatic rings. The number of benzene rings is 3. The van der Waals surface area contributed by atoms with Gasteiger partial charge in [0.15, 0.2) is 0 Å². The molecule has 108 valence electrons. The first-order valence-electron chi connectivity index (χ1n) is 7.63. The summed E-state index contributed by atoms with van der Waals surface area (Å²) in [7, 11) is 0. The number of imidazole rings is 1. The molecule has 0 spiro atoms. The largest absolute Gasteiger partial charge is 0.322 e. The Bertz CT molecular complexity index is 992. The predicted molar refractivity (Wildman–Crippen MR) is 93.3 cm³/mol. The van der Waals surface area contributed by atoms with Crippen molar-refractivity contribution >= 4 is 22.7 Å². The van der Waals surface area contributed by atoms with Crippen molar-refractivity contribution in [1.29, 1.82) is 0 Å². The molecule has 0 saturated heterocycles. The standard InChI is InChI=1S/C20H13N3/c1-3-9-15-13(7-1)14-8-2-4-10-16(14)19(15)23-20-21-17-11-5-6-12-18(17)22-20/h1-12H,(H,21,22). The molecule has 0 aliphatic heterocycles. The Morgan fingerprint density at radius 1 is 0.652 bits per heavy atom. The van der Waals surface area contributed by atoms with Crippen LogP contribution in [0.25, 0.3) is 22.2 Å². The number of aromatic amines is 1. The van der Waals surface area contributed by atoms with Gasteiger partial charge in [-0.15, -0.1) is 0 Å². The summed E-state index contributed by atoms with van der Waals surface area (Å²) in [6.45, 7) is 0. The van der Waals surface area contributed by atoms with Crippen molar-refractivity contribution in [2.45, 2.75) is 0 Å². The van der Waals surface area contributed by atoms with Gasteiger partial charge in [0.05, 0.1) is 16.7 Å². The summed E-state index contributed by atoms with van der Waals surface area (Å²) in [6, 6.07) is 24.8. The molecule has 3 heteroatoms. The van der Waals surface area contributed by atoms with Crippen LogP contribution >= 0.6 is 0 Å². The normalized spacial score (nSPS) is 12.3. The van der Waals surface area contributed by atoms with Gasteiger partial charge in [0.2, 0.25) is 5.95 Å². The van der Waals surface area contributed by atoms with E-state index in [4.69, 9.17) is 4.99 Å². The van der Waals surface area contributed by atoms with Gasteiger partial charge in [-0.2, -0.15) is 0 Å². The summed E-state index contributed by atoms with van der Waals surface area (Å²) >= 11 is 0. The molecule has 1 aromatic heterocycles. The van der Waals surface area contributed by atoms with E-state index >= 15 is 0 Å². The van der Waals surface area contributed by atoms with E-state index in [9.17, 15) is 0 Å². The van der Waals surface area contributed by atoms with Crippen LogP contribution in [0.2, 0.25) is 0 Å². The van der Waals surface area contributed by atoms with Gasteiger partial charge in [-0.25, -0.2) is 9.98 Å². The van der Waals surface area contributed by atoms with E-state index in [1.54, 1.807) is 0 Å². The second-order valence-electron chi connectivity index (χ2n) is 5.63. The molecule has 1 heterocycles. The second kappa shape index (κ2) is 4.65. The number of hydrogen-bond acceptors (Lipinski definition) is 2. The van der Waals surface area contributed by atoms with Crippen LogP contribution in [0.15, 0.2) is 77.8 Å². The number of nitrogens with zero attached hydrogens (tertiary/aromatic N) is 2. The number of aliphatic imine (C=N–C) groups is 1. The molecule has 3 nitrogen and oxygen atoms in total. The van der Waals surface area contributed by atoms with Crippen LogP contribution in [0.3, 0.4) is 0 Å². The Kier molecular flexibility index (Phi) is 2.50. The van der Waals surface area contributed by atoms with Crippen molar-refractivity contribution in [2.24, 2.45) is 4.99 Å². The SMILES string of the molecule is c1ccc2c(c1)C(=Nc1nc3ccccc3[nH]1)c1ccccc1-2. The molecule has 1 N–H and O–H groups in total. The van der Waals surface area contributed by atoms with Crippen LogP contribution in [0, 0.1) is 0 Å². The van der Waals surface area contributed by atoms with Crippen molar-refractivity contribution in [3.05, 3.63) is 83.9 Å². The van der Waals surface area contributed by atoms with E-state index < -0.39 is 0 Å². The number of aromatic nitrogens is 2. The lowest BCUT2D eigenvalue weighted by Crippen LogP contribution is -1.97. The Balaban J connectivity index is 1.76. The number of fused-ring (bicyclic) bond motifs is 4. The fourth-order valence-electron chi connectivity index (χ4n) is 3.21. The Labute approximate surface area is 133 Å². The molecule has 0 atom stereocenters. The van der Waals surface area contributed by atoms with Crippen molar-refractivity contribution in [1.82, 2.24) is 9.97 Å². The van der Waals surface area contributed by atoms with Crippen LogP contribution < -0.4 is 0 Å². The number of nitrogens with one attached hydrogen (secondary N) is 1. The van der Waals surface area contributed by atoms with Gasteiger partial charge in [-0.05, 0) is 23.3 Å². The maximum atomic E-state index is 4.83. The Hall–Kier alpha value is -3.20. The number of para-hydroxylation sites is 2. The third-order valence-corrected chi connectivity index (χ3v) is 4.25. The summed E-state index contributed by atoms with van der Waals surface area (Å²) in [6.07, 6.45) is 0. The fraction of sp³-hybridized carbons (Fsp3) is 0. The summed E-state index contributed by atoms with van der Waals surface area (Å²) in [5.41, 5.74) is 7.72. The van der Waals surface area contributed by atoms with Crippen LogP contribution in [0.5, 0.6) is 0 Å². The zero-order valence-electron chi connectivity index (χ0n) is 12.3. The van der Waals surface area contributed by atoms with Crippen molar-refractivity contribution in [3.63, 3.8) is 0 Å². The maximum absolute atomic E-state index is 4.83. The molecule has 0 bridgehead atoms. The Morgan fingerprint density at radius 2 is 1.22 bits per heavy atom. The summed E-state index contributed by atoms with van der Waals surface area (Å²) in [4.78, 5) is 12.7. The van der Waals surface area contributed by atoms with E-state index in [1.165, 1.54) is 11.1 Å². The summed E-state index contributed by atoms with van der Waals surface area (Å²) < 4.78 is 0. The van der Waals surface area contributed by atoms with E-state index in [1.807, 2.05) is 24.3 Å². The highest BCUT2D eigenvalue weighted by Crippen LogP contribution is 2.37. The zero-order chi connectivity index (χ0) is 15.2. The molecular formula is C20H13N3. The van der Waals surface area contributed by atoms with Crippen molar-refractivity contribution < 1.29 is 0 Å². The molecule has 0 saturated carbocycles. The Morgan fingerprint density at radius 3 is 1.87 bits per heavy atom. The van der Waals surface area contributed by atoms with Gasteiger partial charge in [0.1, 0.15) is 0 Å². The molecule has 23 heavy (non-hydrogen) atoms. The topological polar surface area (TPSA) is 41.0 Å². The van der Waals surface area contributed by atoms with E-state index in [0.29, 0.717) is 5.95 Å².